The van der Waals surface area contributed by atoms with Crippen LogP contribution in [0.5, 0.6) is 0 Å². The Morgan fingerprint density at radius 1 is 1.24 bits per heavy atom. The number of thiophene rings is 1. The summed E-state index contributed by atoms with van der Waals surface area (Å²) in [5.74, 6) is 2.80. The molecule has 2 amide bonds. The Hall–Kier alpha value is -3.63. The Bertz CT molecular complexity index is 1190. The zero-order valence-electron chi connectivity index (χ0n) is 19.0. The highest BCUT2D eigenvalue weighted by Gasteiger charge is 2.28. The van der Waals surface area contributed by atoms with Gasteiger partial charge in [0.1, 0.15) is 11.1 Å². The smallest absolute Gasteiger partial charge is 0.407 e. The van der Waals surface area contributed by atoms with E-state index in [1.165, 1.54) is 11.3 Å². The molecule has 174 valence electrons. The van der Waals surface area contributed by atoms with Crippen LogP contribution >= 0.6 is 11.3 Å². The van der Waals surface area contributed by atoms with E-state index in [9.17, 15) is 9.59 Å². The number of nitrogens with one attached hydrogen (secondary N) is 2. The predicted molar refractivity (Wildman–Crippen MR) is 134 cm³/mol. The summed E-state index contributed by atoms with van der Waals surface area (Å²) in [6.07, 6.45) is 9.15. The molecule has 1 aliphatic carbocycles. The summed E-state index contributed by atoms with van der Waals surface area (Å²) in [6, 6.07) is 15.5. The van der Waals surface area contributed by atoms with Crippen molar-refractivity contribution in [3.63, 3.8) is 0 Å². The van der Waals surface area contributed by atoms with E-state index in [-0.39, 0.29) is 17.9 Å². The molecule has 0 bridgehead atoms. The van der Waals surface area contributed by atoms with Crippen molar-refractivity contribution in [1.82, 2.24) is 10.3 Å². The van der Waals surface area contributed by atoms with Gasteiger partial charge in [-0.15, -0.1) is 17.8 Å². The van der Waals surface area contributed by atoms with Crippen molar-refractivity contribution in [2.75, 3.05) is 5.32 Å². The third-order valence-corrected chi connectivity index (χ3v) is 7.06. The summed E-state index contributed by atoms with van der Waals surface area (Å²) in [5.41, 5.74) is 3.72. The summed E-state index contributed by atoms with van der Waals surface area (Å²) >= 11 is 1.48. The monoisotopic (exact) mass is 473 g/mol. The molecule has 2 N–H and O–H groups in total. The van der Waals surface area contributed by atoms with Crippen molar-refractivity contribution >= 4 is 28.3 Å². The number of anilines is 1. The summed E-state index contributed by atoms with van der Waals surface area (Å²) in [4.78, 5) is 30.2. The van der Waals surface area contributed by atoms with Gasteiger partial charge in [0.05, 0.1) is 17.8 Å². The highest BCUT2D eigenvalue weighted by molar-refractivity contribution is 7.16. The van der Waals surface area contributed by atoms with E-state index in [4.69, 9.17) is 11.2 Å². The summed E-state index contributed by atoms with van der Waals surface area (Å²) in [6.45, 7) is 2.35. The minimum absolute atomic E-state index is 0.0619. The number of ether oxygens (including phenoxy) is 1. The minimum atomic E-state index is -0.462. The third-order valence-electron chi connectivity index (χ3n) is 5.89. The number of nitrogens with zero attached hydrogens (tertiary/aromatic N) is 1. The molecule has 1 aliphatic rings. The van der Waals surface area contributed by atoms with Gasteiger partial charge in [-0.3, -0.25) is 9.78 Å². The first-order valence-electron chi connectivity index (χ1n) is 11.3. The van der Waals surface area contributed by atoms with Gasteiger partial charge in [-0.1, -0.05) is 49.2 Å². The van der Waals surface area contributed by atoms with Crippen molar-refractivity contribution in [1.29, 1.82) is 0 Å². The quantitative estimate of drug-likeness (QED) is 0.471. The van der Waals surface area contributed by atoms with Gasteiger partial charge >= 0.3 is 6.09 Å². The maximum absolute atomic E-state index is 12.7. The van der Waals surface area contributed by atoms with Crippen molar-refractivity contribution in [2.24, 2.45) is 0 Å². The number of fused-ring (bicyclic) bond motifs is 1. The summed E-state index contributed by atoms with van der Waals surface area (Å²) < 4.78 is 5.63. The Kier molecular flexibility index (Phi) is 7.61. The van der Waals surface area contributed by atoms with Crippen LogP contribution in [-0.4, -0.2) is 23.1 Å². The van der Waals surface area contributed by atoms with E-state index in [1.54, 1.807) is 6.20 Å². The molecule has 1 aromatic carbocycles. The van der Waals surface area contributed by atoms with Crippen LogP contribution in [0.3, 0.4) is 0 Å². The van der Waals surface area contributed by atoms with Gasteiger partial charge < -0.3 is 15.4 Å². The lowest BCUT2D eigenvalue weighted by Crippen LogP contribution is -2.31. The van der Waals surface area contributed by atoms with E-state index < -0.39 is 6.09 Å². The number of benzene rings is 1. The third kappa shape index (κ3) is 5.83. The van der Waals surface area contributed by atoms with Gasteiger partial charge in [0, 0.05) is 23.9 Å². The van der Waals surface area contributed by atoms with Crippen LogP contribution in [-0.2, 0) is 28.9 Å². The first kappa shape index (κ1) is 23.5. The van der Waals surface area contributed by atoms with Gasteiger partial charge in [0.15, 0.2) is 0 Å². The number of hydrogen-bond donors (Lipinski definition) is 2. The zero-order chi connectivity index (χ0) is 23.9. The lowest BCUT2D eigenvalue weighted by atomic mass is 9.93. The molecule has 6 nitrogen and oxygen atoms in total. The first-order chi connectivity index (χ1) is 16.5. The average Bonchev–Trinajstić information content (AvgIpc) is 3.19. The second-order valence-corrected chi connectivity index (χ2v) is 9.47. The largest absolute Gasteiger partial charge is 0.446 e. The van der Waals surface area contributed by atoms with Crippen LogP contribution in [0, 0.1) is 12.3 Å². The second kappa shape index (κ2) is 11.0. The van der Waals surface area contributed by atoms with E-state index in [1.807, 2.05) is 55.5 Å². The number of terminal acetylenes is 1. The molecule has 2 atom stereocenters. The van der Waals surface area contributed by atoms with Crippen molar-refractivity contribution in [3.05, 3.63) is 82.0 Å². The van der Waals surface area contributed by atoms with Crippen molar-refractivity contribution < 1.29 is 14.3 Å². The van der Waals surface area contributed by atoms with Crippen LogP contribution in [0.15, 0.2) is 54.7 Å². The molecule has 0 aliphatic heterocycles. The van der Waals surface area contributed by atoms with Gasteiger partial charge in [-0.2, -0.15) is 0 Å². The highest BCUT2D eigenvalue weighted by atomic mass is 32.1. The molecule has 0 fully saturated rings. The predicted octanol–water partition coefficient (Wildman–Crippen LogP) is 5.04. The number of rotatable bonds is 7. The molecule has 0 radical (unpaired) electrons. The Morgan fingerprint density at radius 3 is 2.76 bits per heavy atom. The standard InChI is InChI=1S/C27H27N3O3S/c1-3-22-23-13-12-21(33-27(32)29-17-20-11-7-8-14-28-20)16-24(23)34-26(22)30-25(31)15-18(2)19-9-5-4-6-10-19/h1,4-11,14,18,21H,12-13,15-17H2,2H3,(H,29,32)(H,30,31). The molecule has 0 saturated carbocycles. The normalized spacial score (nSPS) is 15.5. The molecule has 4 rings (SSSR count). The summed E-state index contributed by atoms with van der Waals surface area (Å²) in [5, 5.41) is 6.48. The fourth-order valence-corrected chi connectivity index (χ4v) is 5.40. The molecule has 2 aromatic heterocycles. The molecule has 3 aromatic rings. The van der Waals surface area contributed by atoms with E-state index in [0.717, 1.165) is 27.3 Å². The van der Waals surface area contributed by atoms with Gasteiger partial charge in [-0.05, 0) is 42.0 Å². The molecule has 7 heteroatoms. The van der Waals surface area contributed by atoms with Crippen LogP contribution in [0.4, 0.5) is 9.80 Å². The topological polar surface area (TPSA) is 80.3 Å². The number of alkyl carbamates (subject to hydrolysis) is 1. The van der Waals surface area contributed by atoms with E-state index in [0.29, 0.717) is 37.2 Å². The van der Waals surface area contributed by atoms with Crippen molar-refractivity contribution in [3.8, 4) is 12.3 Å². The SMILES string of the molecule is C#Cc1c(NC(=O)CC(C)c2ccccc2)sc2c1CCC(OC(=O)NCc1ccccn1)C2. The van der Waals surface area contributed by atoms with Crippen LogP contribution in [0.2, 0.25) is 0 Å². The number of hydrogen-bond acceptors (Lipinski definition) is 5. The minimum Gasteiger partial charge on any atom is -0.446 e. The number of carbonyl (C=O) groups is 2. The molecular weight excluding hydrogens is 446 g/mol. The van der Waals surface area contributed by atoms with Crippen LogP contribution in [0.1, 0.15) is 52.9 Å². The van der Waals surface area contributed by atoms with Crippen molar-refractivity contribution in [2.45, 2.75) is 51.2 Å². The number of aromatic nitrogens is 1. The molecule has 0 spiro atoms. The number of amides is 2. The van der Waals surface area contributed by atoms with Gasteiger partial charge in [0.2, 0.25) is 5.91 Å². The first-order valence-corrected chi connectivity index (χ1v) is 12.2. The lowest BCUT2D eigenvalue weighted by Gasteiger charge is -2.22. The summed E-state index contributed by atoms with van der Waals surface area (Å²) in [7, 11) is 0. The fraction of sp³-hybridized carbons (Fsp3) is 0.296. The molecule has 0 saturated heterocycles. The van der Waals surface area contributed by atoms with Crippen LogP contribution in [0.25, 0.3) is 0 Å². The maximum Gasteiger partial charge on any atom is 0.407 e. The Labute approximate surface area is 203 Å². The zero-order valence-corrected chi connectivity index (χ0v) is 19.9. The Morgan fingerprint density at radius 2 is 2.03 bits per heavy atom. The van der Waals surface area contributed by atoms with Gasteiger partial charge in [0.25, 0.3) is 0 Å². The second-order valence-electron chi connectivity index (χ2n) is 8.36. The molecule has 2 unspecified atom stereocenters. The van der Waals surface area contributed by atoms with E-state index in [2.05, 4.69) is 21.5 Å². The average molecular weight is 474 g/mol. The maximum atomic E-state index is 12.7. The van der Waals surface area contributed by atoms with E-state index >= 15 is 0 Å². The van der Waals surface area contributed by atoms with Gasteiger partial charge in [-0.25, -0.2) is 4.79 Å². The Balaban J connectivity index is 1.34. The molecule has 2 heterocycles. The number of carbonyl (C=O) groups excluding carboxylic acids is 2. The molecular formula is C27H27N3O3S. The fourth-order valence-electron chi connectivity index (χ4n) is 4.11. The number of pyridine rings is 1. The lowest BCUT2D eigenvalue weighted by molar-refractivity contribution is -0.116. The highest BCUT2D eigenvalue weighted by Crippen LogP contribution is 2.38. The molecule has 34 heavy (non-hydrogen) atoms. The van der Waals surface area contributed by atoms with Crippen LogP contribution < -0.4 is 10.6 Å².